The largest absolute Gasteiger partial charge is 0.573 e. The summed E-state index contributed by atoms with van der Waals surface area (Å²) in [6.45, 7) is -0.368. The lowest BCUT2D eigenvalue weighted by Crippen LogP contribution is -2.40. The summed E-state index contributed by atoms with van der Waals surface area (Å²) in [4.78, 5) is 12.5. The zero-order chi connectivity index (χ0) is 28.6. The molecule has 1 amide bonds. The molecule has 0 saturated heterocycles. The molecule has 0 unspecified atom stereocenters. The second-order valence-electron chi connectivity index (χ2n) is 8.94. The summed E-state index contributed by atoms with van der Waals surface area (Å²) < 4.78 is 83.2. The van der Waals surface area contributed by atoms with E-state index < -0.39 is 24.4 Å². The van der Waals surface area contributed by atoms with E-state index in [1.807, 2.05) is 0 Å². The number of hydrogen-bond donors (Lipinski definition) is 4. The molecule has 0 aliphatic heterocycles. The zero-order valence-corrected chi connectivity index (χ0v) is 21.3. The molecule has 4 N–H and O–H groups in total. The van der Waals surface area contributed by atoms with Crippen molar-refractivity contribution >= 4 is 28.9 Å². The monoisotopic (exact) mass is 579 g/mol. The smallest absolute Gasteiger partial charge is 0.406 e. The molecular formula is C25H27F6N3O4S. The predicted molar refractivity (Wildman–Crippen MR) is 134 cm³/mol. The van der Waals surface area contributed by atoms with Crippen molar-refractivity contribution in [2.45, 2.75) is 50.9 Å². The van der Waals surface area contributed by atoms with E-state index in [1.165, 1.54) is 24.3 Å². The van der Waals surface area contributed by atoms with Crippen LogP contribution in [-0.2, 0) is 6.42 Å². The Morgan fingerprint density at radius 1 is 0.949 bits per heavy atom. The highest BCUT2D eigenvalue weighted by molar-refractivity contribution is 7.80. The number of hydrogen-bond acceptors (Lipinski definition) is 5. The van der Waals surface area contributed by atoms with E-state index in [2.05, 4.69) is 25.4 Å². The van der Waals surface area contributed by atoms with E-state index in [0.29, 0.717) is 30.5 Å². The molecule has 1 aliphatic rings. The van der Waals surface area contributed by atoms with Crippen LogP contribution in [0.15, 0.2) is 42.5 Å². The minimum absolute atomic E-state index is 0.00532. The standard InChI is InChI=1S/C25H27F6N3O4S/c26-24(27,28)37-19-3-1-2-18(13-19)34-23(39)33-17-7-4-15(5-8-17)12-16-6-9-20(38-25(29,30)31)14-21(16)22(36)32-10-11-35/h1-3,6,9,13-15,17,35H,4-5,7-8,10-12H2,(H,32,36)(H2,33,34,39). The Morgan fingerprint density at radius 3 is 2.21 bits per heavy atom. The number of alkyl halides is 6. The first-order chi connectivity index (χ1) is 18.3. The Bertz CT molecular complexity index is 1140. The summed E-state index contributed by atoms with van der Waals surface area (Å²) in [5, 5.41) is 17.7. The molecule has 2 aromatic carbocycles. The molecule has 0 spiro atoms. The van der Waals surface area contributed by atoms with Crippen molar-refractivity contribution in [3.63, 3.8) is 0 Å². The molecule has 39 heavy (non-hydrogen) atoms. The maximum absolute atomic E-state index is 12.7. The van der Waals surface area contributed by atoms with Gasteiger partial charge in [0.15, 0.2) is 5.11 Å². The van der Waals surface area contributed by atoms with Crippen molar-refractivity contribution in [1.29, 1.82) is 0 Å². The van der Waals surface area contributed by atoms with E-state index >= 15 is 0 Å². The van der Waals surface area contributed by atoms with Gasteiger partial charge in [-0.2, -0.15) is 0 Å². The van der Waals surface area contributed by atoms with Crippen LogP contribution >= 0.6 is 12.2 Å². The second-order valence-corrected chi connectivity index (χ2v) is 9.35. The van der Waals surface area contributed by atoms with Gasteiger partial charge in [0.05, 0.1) is 6.61 Å². The number of carbonyl (C=O) groups excluding carboxylic acids is 1. The van der Waals surface area contributed by atoms with Gasteiger partial charge in [0, 0.05) is 29.9 Å². The minimum Gasteiger partial charge on any atom is -0.406 e. The third kappa shape index (κ3) is 10.4. The normalized spacial score (nSPS) is 17.7. The topological polar surface area (TPSA) is 91.9 Å². The molecule has 0 heterocycles. The maximum Gasteiger partial charge on any atom is 0.573 e. The van der Waals surface area contributed by atoms with Crippen molar-refractivity contribution in [2.24, 2.45) is 5.92 Å². The van der Waals surface area contributed by atoms with Crippen LogP contribution in [0.25, 0.3) is 0 Å². The summed E-state index contributed by atoms with van der Waals surface area (Å²) in [5.41, 5.74) is 0.940. The van der Waals surface area contributed by atoms with Crippen LogP contribution in [0, 0.1) is 5.92 Å². The fourth-order valence-electron chi connectivity index (χ4n) is 4.35. The van der Waals surface area contributed by atoms with E-state index in [4.69, 9.17) is 17.3 Å². The van der Waals surface area contributed by atoms with E-state index in [9.17, 15) is 31.1 Å². The number of anilines is 1. The van der Waals surface area contributed by atoms with Crippen LogP contribution in [-0.4, -0.2) is 48.0 Å². The fourth-order valence-corrected chi connectivity index (χ4v) is 4.64. The highest BCUT2D eigenvalue weighted by Crippen LogP contribution is 2.31. The van der Waals surface area contributed by atoms with Crippen molar-refractivity contribution in [2.75, 3.05) is 18.5 Å². The summed E-state index contributed by atoms with van der Waals surface area (Å²) in [6, 6.07) is 8.96. The van der Waals surface area contributed by atoms with Crippen LogP contribution in [0.1, 0.15) is 41.6 Å². The zero-order valence-electron chi connectivity index (χ0n) is 20.5. The average Bonchev–Trinajstić information content (AvgIpc) is 2.83. The SMILES string of the molecule is O=C(NCCO)c1cc(OC(F)(F)F)ccc1CC1CCC(NC(=S)Nc2cccc(OC(F)(F)F)c2)CC1. The van der Waals surface area contributed by atoms with Crippen molar-refractivity contribution in [3.05, 3.63) is 53.6 Å². The van der Waals surface area contributed by atoms with E-state index in [1.54, 1.807) is 6.07 Å². The number of thiocarbonyl (C=S) groups is 1. The molecular weight excluding hydrogens is 552 g/mol. The molecule has 1 aliphatic carbocycles. The lowest BCUT2D eigenvalue weighted by Gasteiger charge is -2.30. The third-order valence-electron chi connectivity index (χ3n) is 5.97. The van der Waals surface area contributed by atoms with Gasteiger partial charge in [0.25, 0.3) is 5.91 Å². The van der Waals surface area contributed by atoms with Crippen LogP contribution < -0.4 is 25.4 Å². The molecule has 1 saturated carbocycles. The van der Waals surface area contributed by atoms with Gasteiger partial charge in [-0.3, -0.25) is 4.79 Å². The van der Waals surface area contributed by atoms with Crippen molar-refractivity contribution in [3.8, 4) is 11.5 Å². The van der Waals surface area contributed by atoms with Crippen LogP contribution in [0.5, 0.6) is 11.5 Å². The van der Waals surface area contributed by atoms with Gasteiger partial charge in [0.2, 0.25) is 0 Å². The molecule has 0 atom stereocenters. The van der Waals surface area contributed by atoms with Gasteiger partial charge in [-0.15, -0.1) is 26.3 Å². The summed E-state index contributed by atoms with van der Waals surface area (Å²) in [6.07, 6.45) is -6.34. The number of benzene rings is 2. The van der Waals surface area contributed by atoms with Gasteiger partial charge >= 0.3 is 12.7 Å². The molecule has 3 rings (SSSR count). The Balaban J connectivity index is 1.55. The summed E-state index contributed by atoms with van der Waals surface area (Å²) in [5.74, 6) is -1.34. The number of halogens is 6. The lowest BCUT2D eigenvalue weighted by atomic mass is 9.81. The Hall–Kier alpha value is -3.26. The van der Waals surface area contributed by atoms with Gasteiger partial charge in [0.1, 0.15) is 11.5 Å². The highest BCUT2D eigenvalue weighted by atomic mass is 32.1. The number of ether oxygens (including phenoxy) is 2. The van der Waals surface area contributed by atoms with Gasteiger partial charge in [-0.25, -0.2) is 0 Å². The van der Waals surface area contributed by atoms with E-state index in [0.717, 1.165) is 25.0 Å². The quantitative estimate of drug-likeness (QED) is 0.237. The highest BCUT2D eigenvalue weighted by Gasteiger charge is 2.32. The number of rotatable bonds is 9. The molecule has 1 fully saturated rings. The molecule has 7 nitrogen and oxygen atoms in total. The summed E-state index contributed by atoms with van der Waals surface area (Å²) >= 11 is 5.30. The van der Waals surface area contributed by atoms with Crippen LogP contribution in [0.3, 0.4) is 0 Å². The number of nitrogens with one attached hydrogen (secondary N) is 3. The average molecular weight is 580 g/mol. The van der Waals surface area contributed by atoms with Crippen molar-refractivity contribution < 1.29 is 45.7 Å². The molecule has 0 bridgehead atoms. The Kier molecular flexibility index (Phi) is 10.2. The molecule has 0 radical (unpaired) electrons. The second kappa shape index (κ2) is 13.2. The number of aliphatic hydroxyl groups is 1. The van der Waals surface area contributed by atoms with Crippen LogP contribution in [0.2, 0.25) is 0 Å². The molecule has 14 heteroatoms. The van der Waals surface area contributed by atoms with E-state index in [-0.39, 0.29) is 41.5 Å². The molecule has 2 aromatic rings. The number of amides is 1. The first-order valence-electron chi connectivity index (χ1n) is 12.0. The van der Waals surface area contributed by atoms with Crippen LogP contribution in [0.4, 0.5) is 32.0 Å². The van der Waals surface area contributed by atoms with Gasteiger partial charge in [-0.1, -0.05) is 12.1 Å². The first kappa shape index (κ1) is 30.3. The summed E-state index contributed by atoms with van der Waals surface area (Å²) in [7, 11) is 0. The van der Waals surface area contributed by atoms with Gasteiger partial charge in [-0.05, 0) is 80.1 Å². The Morgan fingerprint density at radius 2 is 1.59 bits per heavy atom. The van der Waals surface area contributed by atoms with Crippen molar-refractivity contribution in [1.82, 2.24) is 10.6 Å². The molecule has 214 valence electrons. The lowest BCUT2D eigenvalue weighted by molar-refractivity contribution is -0.275. The maximum atomic E-state index is 12.7. The third-order valence-corrected chi connectivity index (χ3v) is 6.19. The predicted octanol–water partition coefficient (Wildman–Crippen LogP) is 5.29. The number of aliphatic hydroxyl groups excluding tert-OH is 1. The molecule has 0 aromatic heterocycles. The number of carbonyl (C=O) groups is 1. The Labute approximate surface area is 225 Å². The fraction of sp³-hybridized carbons (Fsp3) is 0.440. The minimum atomic E-state index is -4.90. The first-order valence-corrected chi connectivity index (χ1v) is 12.4. The van der Waals surface area contributed by atoms with Gasteiger partial charge < -0.3 is 30.5 Å².